The molecule has 2 atom stereocenters. The van der Waals surface area contributed by atoms with E-state index >= 15 is 0 Å². The maximum Gasteiger partial charge on any atom is 0.160 e. The van der Waals surface area contributed by atoms with E-state index in [4.69, 9.17) is 5.73 Å². The van der Waals surface area contributed by atoms with E-state index in [-0.39, 0.29) is 6.04 Å². The van der Waals surface area contributed by atoms with E-state index in [0.717, 1.165) is 13.0 Å². The summed E-state index contributed by atoms with van der Waals surface area (Å²) >= 11 is 0. The van der Waals surface area contributed by atoms with E-state index in [0.29, 0.717) is 24.1 Å². The Balaban J connectivity index is 1.81. The van der Waals surface area contributed by atoms with Gasteiger partial charge in [-0.2, -0.15) is 0 Å². The molecule has 2 N–H and O–H groups in total. The summed E-state index contributed by atoms with van der Waals surface area (Å²) in [4.78, 5) is 2.05. The van der Waals surface area contributed by atoms with Crippen molar-refractivity contribution in [1.82, 2.24) is 0 Å². The van der Waals surface area contributed by atoms with Crippen molar-refractivity contribution in [3.05, 3.63) is 65.2 Å². The summed E-state index contributed by atoms with van der Waals surface area (Å²) in [6.07, 6.45) is 0.904. The van der Waals surface area contributed by atoms with Gasteiger partial charge in [-0.05, 0) is 35.6 Å². The van der Waals surface area contributed by atoms with Crippen LogP contribution in [0.4, 0.5) is 14.5 Å². The van der Waals surface area contributed by atoms with Gasteiger partial charge >= 0.3 is 0 Å². The van der Waals surface area contributed by atoms with Gasteiger partial charge in [0.25, 0.3) is 0 Å². The van der Waals surface area contributed by atoms with E-state index in [2.05, 4.69) is 43.0 Å². The summed E-state index contributed by atoms with van der Waals surface area (Å²) in [5.74, 6) is -0.834. The van der Waals surface area contributed by atoms with Crippen molar-refractivity contribution < 1.29 is 8.78 Å². The smallest absolute Gasteiger partial charge is 0.160 e. The van der Waals surface area contributed by atoms with Crippen LogP contribution in [-0.4, -0.2) is 19.1 Å². The van der Waals surface area contributed by atoms with Crippen molar-refractivity contribution in [2.75, 3.05) is 18.0 Å². The number of hydrogen-bond acceptors (Lipinski definition) is 2. The van der Waals surface area contributed by atoms with E-state index in [9.17, 15) is 8.78 Å². The molecule has 2 aromatic rings. The Hall–Kier alpha value is -1.94. The lowest BCUT2D eigenvalue weighted by molar-refractivity contribution is 0.452. The summed E-state index contributed by atoms with van der Waals surface area (Å²) in [5, 5.41) is 0. The van der Waals surface area contributed by atoms with Crippen LogP contribution in [0, 0.1) is 11.6 Å². The van der Waals surface area contributed by atoms with Crippen LogP contribution in [0.25, 0.3) is 0 Å². The highest BCUT2D eigenvalue weighted by molar-refractivity contribution is 5.48. The standard InChI is InChI=1S/C20H24F2N2/c1-13(2)14-3-5-15(6-4-14)16-9-17(23)12-24(11-16)18-7-8-19(21)20(22)10-18/h3-8,10,13,16-17H,9,11-12,23H2,1-2H3. The molecule has 1 aliphatic rings. The summed E-state index contributed by atoms with van der Waals surface area (Å²) in [7, 11) is 0. The first-order valence-corrected chi connectivity index (χ1v) is 8.49. The largest absolute Gasteiger partial charge is 0.369 e. The molecule has 1 saturated heterocycles. The average molecular weight is 330 g/mol. The van der Waals surface area contributed by atoms with Gasteiger partial charge in [0.15, 0.2) is 11.6 Å². The molecule has 0 bridgehead atoms. The highest BCUT2D eigenvalue weighted by Gasteiger charge is 2.27. The topological polar surface area (TPSA) is 29.3 Å². The Bertz CT molecular complexity index is 697. The third-order valence-electron chi connectivity index (χ3n) is 4.83. The maximum absolute atomic E-state index is 13.5. The SMILES string of the molecule is CC(C)c1ccc(C2CC(N)CN(c3ccc(F)c(F)c3)C2)cc1. The molecule has 0 spiro atoms. The van der Waals surface area contributed by atoms with Crippen LogP contribution in [0.5, 0.6) is 0 Å². The molecular weight excluding hydrogens is 306 g/mol. The summed E-state index contributed by atoms with van der Waals surface area (Å²) in [6, 6.07) is 12.7. The second-order valence-electron chi connectivity index (χ2n) is 7.02. The van der Waals surface area contributed by atoms with Crippen molar-refractivity contribution in [3.8, 4) is 0 Å². The lowest BCUT2D eigenvalue weighted by Gasteiger charge is -2.38. The fraction of sp³-hybridized carbons (Fsp3) is 0.400. The monoisotopic (exact) mass is 330 g/mol. The second kappa shape index (κ2) is 6.89. The molecule has 4 heteroatoms. The van der Waals surface area contributed by atoms with E-state index in [1.165, 1.54) is 23.3 Å². The number of piperidine rings is 1. The first kappa shape index (κ1) is 16.9. The summed E-state index contributed by atoms with van der Waals surface area (Å²) in [5.41, 5.74) is 9.48. The van der Waals surface area contributed by atoms with E-state index in [1.807, 2.05) is 0 Å². The Kier molecular flexibility index (Phi) is 4.86. The number of hydrogen-bond donors (Lipinski definition) is 1. The normalized spacial score (nSPS) is 21.3. The minimum absolute atomic E-state index is 0.0154. The molecule has 0 saturated carbocycles. The number of halogens is 2. The zero-order valence-corrected chi connectivity index (χ0v) is 14.2. The van der Waals surface area contributed by atoms with Gasteiger partial charge in [0.05, 0.1) is 0 Å². The highest BCUT2D eigenvalue weighted by atomic mass is 19.2. The van der Waals surface area contributed by atoms with Crippen LogP contribution in [-0.2, 0) is 0 Å². The first-order valence-electron chi connectivity index (χ1n) is 8.49. The second-order valence-corrected chi connectivity index (χ2v) is 7.02. The van der Waals surface area contributed by atoms with Crippen molar-refractivity contribution in [2.45, 2.75) is 38.1 Å². The van der Waals surface area contributed by atoms with E-state index < -0.39 is 11.6 Å². The zero-order valence-electron chi connectivity index (χ0n) is 14.2. The maximum atomic E-state index is 13.5. The van der Waals surface area contributed by atoms with Crippen molar-refractivity contribution in [1.29, 1.82) is 0 Å². The summed E-state index contributed by atoms with van der Waals surface area (Å²) in [6.45, 7) is 5.78. The van der Waals surface area contributed by atoms with Gasteiger partial charge in [0.1, 0.15) is 0 Å². The van der Waals surface area contributed by atoms with Gasteiger partial charge in [-0.3, -0.25) is 0 Å². The molecule has 1 aliphatic heterocycles. The fourth-order valence-electron chi connectivity index (χ4n) is 3.43. The molecule has 2 unspecified atom stereocenters. The van der Waals surface area contributed by atoms with Gasteiger partial charge in [-0.25, -0.2) is 8.78 Å². The number of nitrogens with zero attached hydrogens (tertiary/aromatic N) is 1. The van der Waals surface area contributed by atoms with Crippen LogP contribution >= 0.6 is 0 Å². The Morgan fingerprint density at radius 2 is 1.71 bits per heavy atom. The van der Waals surface area contributed by atoms with Gasteiger partial charge < -0.3 is 10.6 Å². The quantitative estimate of drug-likeness (QED) is 0.903. The first-order chi connectivity index (χ1) is 11.4. The number of nitrogens with two attached hydrogens (primary N) is 1. The molecule has 3 rings (SSSR count). The predicted octanol–water partition coefficient (Wildman–Crippen LogP) is 4.41. The minimum Gasteiger partial charge on any atom is -0.369 e. The molecule has 128 valence electrons. The molecule has 2 nitrogen and oxygen atoms in total. The highest BCUT2D eigenvalue weighted by Crippen LogP contribution is 2.31. The number of benzene rings is 2. The van der Waals surface area contributed by atoms with Crippen molar-refractivity contribution in [3.63, 3.8) is 0 Å². The average Bonchev–Trinajstić information content (AvgIpc) is 2.57. The molecule has 0 aliphatic carbocycles. The third kappa shape index (κ3) is 3.59. The molecular formula is C20H24F2N2. The molecule has 2 aromatic carbocycles. The van der Waals surface area contributed by atoms with Gasteiger partial charge in [-0.15, -0.1) is 0 Å². The van der Waals surface area contributed by atoms with E-state index in [1.54, 1.807) is 6.07 Å². The molecule has 0 aromatic heterocycles. The molecule has 1 fully saturated rings. The Morgan fingerprint density at radius 1 is 1.00 bits per heavy atom. The Morgan fingerprint density at radius 3 is 2.33 bits per heavy atom. The van der Waals surface area contributed by atoms with Crippen molar-refractivity contribution >= 4 is 5.69 Å². The molecule has 0 radical (unpaired) electrons. The lowest BCUT2D eigenvalue weighted by Crippen LogP contribution is -2.46. The number of rotatable bonds is 3. The molecule has 24 heavy (non-hydrogen) atoms. The fourth-order valence-corrected chi connectivity index (χ4v) is 3.43. The molecule has 1 heterocycles. The van der Waals surface area contributed by atoms with Crippen LogP contribution in [0.1, 0.15) is 43.2 Å². The van der Waals surface area contributed by atoms with Gasteiger partial charge in [-0.1, -0.05) is 38.1 Å². The summed E-state index contributed by atoms with van der Waals surface area (Å²) < 4.78 is 26.7. The lowest BCUT2D eigenvalue weighted by atomic mass is 9.87. The van der Waals surface area contributed by atoms with Gasteiger partial charge in [0, 0.05) is 36.8 Å². The van der Waals surface area contributed by atoms with Crippen LogP contribution < -0.4 is 10.6 Å². The van der Waals surface area contributed by atoms with Gasteiger partial charge in [0.2, 0.25) is 0 Å². The number of anilines is 1. The van der Waals surface area contributed by atoms with Crippen LogP contribution in [0.2, 0.25) is 0 Å². The molecule has 0 amide bonds. The third-order valence-corrected chi connectivity index (χ3v) is 4.83. The zero-order chi connectivity index (χ0) is 17.3. The predicted molar refractivity (Wildman–Crippen MR) is 94.4 cm³/mol. The minimum atomic E-state index is -0.819. The van der Waals surface area contributed by atoms with Crippen molar-refractivity contribution in [2.24, 2.45) is 5.73 Å². The van der Waals surface area contributed by atoms with Crippen LogP contribution in [0.3, 0.4) is 0 Å². The Labute approximate surface area is 142 Å². The van der Waals surface area contributed by atoms with Crippen LogP contribution in [0.15, 0.2) is 42.5 Å².